The van der Waals surface area contributed by atoms with Crippen molar-refractivity contribution in [1.29, 1.82) is 0 Å². The largest absolute Gasteiger partial charge is 0.445 e. The Bertz CT molecular complexity index is 1410. The lowest BCUT2D eigenvalue weighted by molar-refractivity contribution is 0.142. The monoisotopic (exact) mass is 608 g/mol. The maximum Gasteiger partial charge on any atom is 0.407 e. The molecular weight excluding hydrogens is 579 g/mol. The fraction of sp³-hybridized carbons (Fsp3) is 0.385. The Morgan fingerprint density at radius 1 is 1.02 bits per heavy atom. The van der Waals surface area contributed by atoms with Crippen LogP contribution in [0.15, 0.2) is 42.7 Å². The molecule has 1 aliphatic heterocycles. The summed E-state index contributed by atoms with van der Waals surface area (Å²) in [5, 5.41) is 3.32. The number of nitrogens with zero attached hydrogens (tertiary/aromatic N) is 5. The van der Waals surface area contributed by atoms with Crippen LogP contribution in [0.3, 0.4) is 0 Å². The van der Waals surface area contributed by atoms with Crippen LogP contribution < -0.4 is 15.0 Å². The van der Waals surface area contributed by atoms with Crippen LogP contribution in [-0.2, 0) is 21.2 Å². The summed E-state index contributed by atoms with van der Waals surface area (Å²) in [6.45, 7) is 3.82. The van der Waals surface area contributed by atoms with Gasteiger partial charge in [0.15, 0.2) is 5.75 Å². The number of hydrogen-bond donors (Lipinski definition) is 1. The molecule has 0 atom stereocenters. The number of carbonyl (C=O) groups excluding carboxylic acids is 1. The van der Waals surface area contributed by atoms with Crippen LogP contribution >= 0.6 is 23.2 Å². The first-order chi connectivity index (χ1) is 19.1. The van der Waals surface area contributed by atoms with Crippen LogP contribution in [0.25, 0.3) is 11.3 Å². The standard InChI is InChI=1S/C26H30Cl2N6O5S/c1-29-26(35)38-17-18-10-23(19-12-20(27)14-21(28)13-19)32-24(11-18)39-22-15-30-25(31-16-22)34-7-5-33(6-8-34)4-3-9-40(2,36)37/h10-16H,3-9,17H2,1-2H3,(H,29,35). The molecule has 11 nitrogen and oxygen atoms in total. The number of benzene rings is 1. The maximum absolute atomic E-state index is 11.6. The van der Waals surface area contributed by atoms with E-state index in [0.29, 0.717) is 45.0 Å². The second-order valence-electron chi connectivity index (χ2n) is 9.32. The fourth-order valence-corrected chi connectivity index (χ4v) is 5.31. The lowest BCUT2D eigenvalue weighted by atomic mass is 10.1. The highest BCUT2D eigenvalue weighted by Gasteiger charge is 2.19. The molecule has 3 heterocycles. The first-order valence-electron chi connectivity index (χ1n) is 12.5. The molecule has 3 aromatic rings. The number of anilines is 1. The van der Waals surface area contributed by atoms with Gasteiger partial charge in [-0.3, -0.25) is 4.90 Å². The van der Waals surface area contributed by atoms with Gasteiger partial charge in [0.2, 0.25) is 11.8 Å². The molecule has 2 aromatic heterocycles. The van der Waals surface area contributed by atoms with E-state index in [0.717, 1.165) is 32.7 Å². The smallest absolute Gasteiger partial charge is 0.407 e. The second kappa shape index (κ2) is 13.4. The summed E-state index contributed by atoms with van der Waals surface area (Å²) in [4.78, 5) is 29.4. The molecule has 14 heteroatoms. The van der Waals surface area contributed by atoms with E-state index in [9.17, 15) is 13.2 Å². The van der Waals surface area contributed by atoms with Gasteiger partial charge in [-0.25, -0.2) is 28.2 Å². The Morgan fingerprint density at radius 3 is 2.33 bits per heavy atom. The van der Waals surface area contributed by atoms with Gasteiger partial charge in [-0.1, -0.05) is 23.2 Å². The highest BCUT2D eigenvalue weighted by molar-refractivity contribution is 7.90. The molecule has 1 fully saturated rings. The average Bonchev–Trinajstić information content (AvgIpc) is 2.91. The summed E-state index contributed by atoms with van der Waals surface area (Å²) in [7, 11) is -1.46. The van der Waals surface area contributed by atoms with Crippen LogP contribution in [0.2, 0.25) is 10.0 Å². The number of alkyl carbamates (subject to hydrolysis) is 1. The molecule has 1 N–H and O–H groups in total. The van der Waals surface area contributed by atoms with E-state index in [2.05, 4.69) is 30.1 Å². The van der Waals surface area contributed by atoms with Crippen LogP contribution in [0, 0.1) is 0 Å². The molecule has 40 heavy (non-hydrogen) atoms. The molecule has 0 radical (unpaired) electrons. The molecule has 1 amide bonds. The minimum absolute atomic E-state index is 0.00444. The number of aromatic nitrogens is 3. The summed E-state index contributed by atoms with van der Waals surface area (Å²) >= 11 is 12.4. The fourth-order valence-electron chi connectivity index (χ4n) is 4.13. The zero-order chi connectivity index (χ0) is 28.7. The van der Waals surface area contributed by atoms with Crippen molar-refractivity contribution in [2.45, 2.75) is 13.0 Å². The topological polar surface area (TPSA) is 127 Å². The normalized spacial score (nSPS) is 14.2. The van der Waals surface area contributed by atoms with Crippen LogP contribution in [-0.4, -0.2) is 86.1 Å². The van der Waals surface area contributed by atoms with Crippen molar-refractivity contribution in [3.8, 4) is 22.9 Å². The Labute approximate surface area is 243 Å². The second-order valence-corrected chi connectivity index (χ2v) is 12.4. The van der Waals surface area contributed by atoms with Gasteiger partial charge in [0, 0.05) is 61.2 Å². The third-order valence-electron chi connectivity index (χ3n) is 6.08. The molecule has 0 spiro atoms. The van der Waals surface area contributed by atoms with Crippen molar-refractivity contribution in [1.82, 2.24) is 25.2 Å². The van der Waals surface area contributed by atoms with Crippen molar-refractivity contribution < 1.29 is 22.7 Å². The third-order valence-corrected chi connectivity index (χ3v) is 7.54. The molecule has 0 saturated carbocycles. The number of nitrogens with one attached hydrogen (secondary N) is 1. The van der Waals surface area contributed by atoms with Crippen molar-refractivity contribution in [2.75, 3.05) is 56.7 Å². The predicted octanol–water partition coefficient (Wildman–Crippen LogP) is 4.05. The van der Waals surface area contributed by atoms with Gasteiger partial charge < -0.3 is 19.7 Å². The number of rotatable bonds is 10. The van der Waals surface area contributed by atoms with Crippen molar-refractivity contribution in [3.05, 3.63) is 58.3 Å². The number of carbonyl (C=O) groups is 1. The van der Waals surface area contributed by atoms with Crippen molar-refractivity contribution >= 4 is 45.1 Å². The molecule has 1 saturated heterocycles. The summed E-state index contributed by atoms with van der Waals surface area (Å²) in [5.41, 5.74) is 1.85. The lowest BCUT2D eigenvalue weighted by Crippen LogP contribution is -2.47. The summed E-state index contributed by atoms with van der Waals surface area (Å²) in [6.07, 6.45) is 4.47. The van der Waals surface area contributed by atoms with Crippen molar-refractivity contribution in [3.63, 3.8) is 0 Å². The summed E-state index contributed by atoms with van der Waals surface area (Å²) < 4.78 is 33.9. The van der Waals surface area contributed by atoms with Crippen molar-refractivity contribution in [2.24, 2.45) is 0 Å². The Kier molecular flexibility index (Phi) is 10.0. The van der Waals surface area contributed by atoms with Gasteiger partial charge in [0.05, 0.1) is 23.8 Å². The number of hydrogen-bond acceptors (Lipinski definition) is 10. The first kappa shape index (κ1) is 29.8. The van der Waals surface area contributed by atoms with E-state index >= 15 is 0 Å². The lowest BCUT2D eigenvalue weighted by Gasteiger charge is -2.34. The van der Waals surface area contributed by atoms with E-state index in [1.807, 2.05) is 0 Å². The molecule has 1 aliphatic rings. The number of piperazine rings is 1. The number of ether oxygens (including phenoxy) is 2. The van der Waals surface area contributed by atoms with Crippen LogP contribution in [0.5, 0.6) is 11.6 Å². The summed E-state index contributed by atoms with van der Waals surface area (Å²) in [5.74, 6) is 1.42. The highest BCUT2D eigenvalue weighted by atomic mass is 35.5. The van der Waals surface area contributed by atoms with E-state index in [1.165, 1.54) is 13.3 Å². The molecular formula is C26H30Cl2N6O5S. The van der Waals surface area contributed by atoms with E-state index in [-0.39, 0.29) is 18.2 Å². The zero-order valence-corrected chi connectivity index (χ0v) is 24.5. The summed E-state index contributed by atoms with van der Waals surface area (Å²) in [6, 6.07) is 8.51. The van der Waals surface area contributed by atoms with E-state index in [1.54, 1.807) is 42.7 Å². The van der Waals surface area contributed by atoms with Crippen LogP contribution in [0.4, 0.5) is 10.7 Å². The minimum atomic E-state index is -2.94. The number of amides is 1. The Balaban J connectivity index is 1.43. The molecule has 0 unspecified atom stereocenters. The number of sulfone groups is 1. The molecule has 0 bridgehead atoms. The quantitative estimate of drug-likeness (QED) is 0.360. The van der Waals surface area contributed by atoms with Gasteiger partial charge >= 0.3 is 6.09 Å². The molecule has 1 aromatic carbocycles. The predicted molar refractivity (Wildman–Crippen MR) is 154 cm³/mol. The Morgan fingerprint density at radius 2 is 1.70 bits per heavy atom. The van der Waals surface area contributed by atoms with Gasteiger partial charge in [-0.05, 0) is 42.8 Å². The van der Waals surface area contributed by atoms with Gasteiger partial charge in [0.1, 0.15) is 16.4 Å². The maximum atomic E-state index is 11.6. The molecule has 0 aliphatic carbocycles. The first-order valence-corrected chi connectivity index (χ1v) is 15.4. The van der Waals surface area contributed by atoms with Gasteiger partial charge in [-0.15, -0.1) is 0 Å². The Hall–Kier alpha value is -3.19. The molecule has 214 valence electrons. The SMILES string of the molecule is CNC(=O)OCc1cc(Oc2cnc(N3CCN(CCCS(C)(=O)=O)CC3)nc2)nc(-c2cc(Cl)cc(Cl)c2)c1. The van der Waals surface area contributed by atoms with Crippen LogP contribution in [0.1, 0.15) is 12.0 Å². The average molecular weight is 610 g/mol. The number of pyridine rings is 1. The van der Waals surface area contributed by atoms with E-state index in [4.69, 9.17) is 32.7 Å². The minimum Gasteiger partial charge on any atom is -0.445 e. The highest BCUT2D eigenvalue weighted by Crippen LogP contribution is 2.30. The van der Waals surface area contributed by atoms with Gasteiger partial charge in [0.25, 0.3) is 0 Å². The molecule has 4 rings (SSSR count). The zero-order valence-electron chi connectivity index (χ0n) is 22.1. The number of halogens is 2. The third kappa shape index (κ3) is 8.91. The van der Waals surface area contributed by atoms with Gasteiger partial charge in [-0.2, -0.15) is 0 Å². The van der Waals surface area contributed by atoms with E-state index < -0.39 is 15.9 Å².